The minimum atomic E-state index is 0.488. The first-order valence-corrected chi connectivity index (χ1v) is 6.76. The molecule has 5 heteroatoms. The number of aromatic nitrogens is 2. The molecule has 0 atom stereocenters. The zero-order valence-corrected chi connectivity index (χ0v) is 11.3. The summed E-state index contributed by atoms with van der Waals surface area (Å²) in [6.07, 6.45) is 0. The quantitative estimate of drug-likeness (QED) is 0.853. The molecule has 1 aromatic carbocycles. The fraction of sp³-hybridized carbons (Fsp3) is 0.286. The minimum Gasteiger partial charge on any atom is -0.354 e. The van der Waals surface area contributed by atoms with Crippen LogP contribution in [0.2, 0.25) is 5.15 Å². The van der Waals surface area contributed by atoms with Crippen molar-refractivity contribution in [3.8, 4) is 11.4 Å². The van der Waals surface area contributed by atoms with Crippen LogP contribution in [0.25, 0.3) is 11.4 Å². The largest absolute Gasteiger partial charge is 0.354 e. The summed E-state index contributed by atoms with van der Waals surface area (Å²) < 4.78 is 0. The maximum atomic E-state index is 6.13. The lowest BCUT2D eigenvalue weighted by molar-refractivity contribution is 0.585. The molecule has 1 aromatic heterocycles. The average Bonchev–Trinajstić information content (AvgIpc) is 2.48. The molecular weight excluding hydrogens is 260 g/mol. The Hall–Kier alpha value is -1.65. The minimum absolute atomic E-state index is 0.488. The zero-order valence-electron chi connectivity index (χ0n) is 10.5. The average molecular weight is 275 g/mol. The monoisotopic (exact) mass is 274 g/mol. The fourth-order valence-electron chi connectivity index (χ4n) is 2.18. The van der Waals surface area contributed by atoms with Crippen LogP contribution in [0.1, 0.15) is 0 Å². The molecule has 3 rings (SSSR count). The topological polar surface area (TPSA) is 41.0 Å². The molecule has 98 valence electrons. The maximum Gasteiger partial charge on any atom is 0.163 e. The Kier molecular flexibility index (Phi) is 3.62. The van der Waals surface area contributed by atoms with Crippen LogP contribution < -0.4 is 10.2 Å². The van der Waals surface area contributed by atoms with Gasteiger partial charge < -0.3 is 10.2 Å². The Morgan fingerprint density at radius 2 is 1.79 bits per heavy atom. The van der Waals surface area contributed by atoms with Gasteiger partial charge in [-0.2, -0.15) is 0 Å². The van der Waals surface area contributed by atoms with E-state index in [0.717, 1.165) is 37.6 Å². The van der Waals surface area contributed by atoms with Gasteiger partial charge in [0.05, 0.1) is 0 Å². The van der Waals surface area contributed by atoms with Gasteiger partial charge in [-0.15, -0.1) is 0 Å². The second kappa shape index (κ2) is 5.55. The highest BCUT2D eigenvalue weighted by atomic mass is 35.5. The summed E-state index contributed by atoms with van der Waals surface area (Å²) in [5, 5.41) is 3.82. The molecule has 2 aromatic rings. The van der Waals surface area contributed by atoms with Gasteiger partial charge in [-0.25, -0.2) is 9.97 Å². The molecule has 1 saturated heterocycles. The van der Waals surface area contributed by atoms with E-state index in [1.165, 1.54) is 0 Å². The highest BCUT2D eigenvalue weighted by Crippen LogP contribution is 2.22. The van der Waals surface area contributed by atoms with Crippen molar-refractivity contribution in [1.29, 1.82) is 0 Å². The van der Waals surface area contributed by atoms with Crippen molar-refractivity contribution in [2.75, 3.05) is 31.1 Å². The molecule has 1 N–H and O–H groups in total. The van der Waals surface area contributed by atoms with Gasteiger partial charge in [0.1, 0.15) is 11.0 Å². The second-order valence-electron chi connectivity index (χ2n) is 4.48. The van der Waals surface area contributed by atoms with Crippen molar-refractivity contribution >= 4 is 17.4 Å². The molecule has 1 aliphatic heterocycles. The third-order valence-corrected chi connectivity index (χ3v) is 3.35. The number of halogens is 1. The van der Waals surface area contributed by atoms with Gasteiger partial charge in [-0.05, 0) is 0 Å². The van der Waals surface area contributed by atoms with E-state index in [4.69, 9.17) is 11.6 Å². The van der Waals surface area contributed by atoms with Crippen LogP contribution in [0, 0.1) is 0 Å². The van der Waals surface area contributed by atoms with E-state index in [-0.39, 0.29) is 0 Å². The lowest BCUT2D eigenvalue weighted by atomic mass is 10.2. The van der Waals surface area contributed by atoms with Crippen LogP contribution in [-0.4, -0.2) is 36.1 Å². The number of anilines is 1. The van der Waals surface area contributed by atoms with Gasteiger partial charge in [0.2, 0.25) is 0 Å². The van der Waals surface area contributed by atoms with Crippen LogP contribution in [0.5, 0.6) is 0 Å². The predicted molar refractivity (Wildman–Crippen MR) is 77.6 cm³/mol. The van der Waals surface area contributed by atoms with Gasteiger partial charge >= 0.3 is 0 Å². The van der Waals surface area contributed by atoms with Gasteiger partial charge in [-0.1, -0.05) is 41.9 Å². The van der Waals surface area contributed by atoms with Crippen LogP contribution in [0.4, 0.5) is 5.82 Å². The first-order chi connectivity index (χ1) is 9.33. The molecule has 1 aliphatic rings. The summed E-state index contributed by atoms with van der Waals surface area (Å²) >= 11 is 6.13. The molecule has 19 heavy (non-hydrogen) atoms. The number of benzene rings is 1. The van der Waals surface area contributed by atoms with Crippen molar-refractivity contribution in [3.63, 3.8) is 0 Å². The summed E-state index contributed by atoms with van der Waals surface area (Å²) in [6.45, 7) is 3.84. The molecule has 0 radical (unpaired) electrons. The molecule has 0 spiro atoms. The predicted octanol–water partition coefficient (Wildman–Crippen LogP) is 2.21. The highest BCUT2D eigenvalue weighted by Gasteiger charge is 2.14. The van der Waals surface area contributed by atoms with Crippen molar-refractivity contribution in [2.24, 2.45) is 0 Å². The summed E-state index contributed by atoms with van der Waals surface area (Å²) in [5.41, 5.74) is 0.987. The molecule has 0 bridgehead atoms. The lowest BCUT2D eigenvalue weighted by Gasteiger charge is -2.28. The first kappa shape index (κ1) is 12.4. The Bertz CT molecular complexity index is 553. The van der Waals surface area contributed by atoms with Crippen molar-refractivity contribution in [3.05, 3.63) is 41.6 Å². The van der Waals surface area contributed by atoms with E-state index in [0.29, 0.717) is 11.0 Å². The number of nitrogens with zero attached hydrogens (tertiary/aromatic N) is 3. The molecular formula is C14H15ClN4. The fourth-order valence-corrected chi connectivity index (χ4v) is 2.36. The maximum absolute atomic E-state index is 6.13. The van der Waals surface area contributed by atoms with Crippen LogP contribution in [0.3, 0.4) is 0 Å². The van der Waals surface area contributed by atoms with E-state index in [1.54, 1.807) is 0 Å². The second-order valence-corrected chi connectivity index (χ2v) is 4.86. The Morgan fingerprint density at radius 3 is 2.53 bits per heavy atom. The van der Waals surface area contributed by atoms with Gasteiger partial charge in [0.15, 0.2) is 5.82 Å². The van der Waals surface area contributed by atoms with Crippen molar-refractivity contribution in [2.45, 2.75) is 0 Å². The summed E-state index contributed by atoms with van der Waals surface area (Å²) in [6, 6.07) is 11.7. The summed E-state index contributed by atoms with van der Waals surface area (Å²) in [7, 11) is 0. The molecule has 1 fully saturated rings. The number of nitrogens with one attached hydrogen (secondary N) is 1. The number of hydrogen-bond donors (Lipinski definition) is 1. The smallest absolute Gasteiger partial charge is 0.163 e. The SMILES string of the molecule is Clc1cc(N2CCNCC2)nc(-c2ccccc2)n1. The van der Waals surface area contributed by atoms with Crippen molar-refractivity contribution in [1.82, 2.24) is 15.3 Å². The lowest BCUT2D eigenvalue weighted by Crippen LogP contribution is -2.43. The number of hydrogen-bond acceptors (Lipinski definition) is 4. The van der Waals surface area contributed by atoms with Crippen LogP contribution >= 0.6 is 11.6 Å². The normalized spacial score (nSPS) is 15.5. The van der Waals surface area contributed by atoms with Gasteiger partial charge in [0, 0.05) is 37.8 Å². The Balaban J connectivity index is 1.96. The number of rotatable bonds is 2. The third-order valence-electron chi connectivity index (χ3n) is 3.15. The third kappa shape index (κ3) is 2.85. The van der Waals surface area contributed by atoms with Gasteiger partial charge in [-0.3, -0.25) is 0 Å². The van der Waals surface area contributed by atoms with Gasteiger partial charge in [0.25, 0.3) is 0 Å². The standard InChI is InChI=1S/C14H15ClN4/c15-12-10-13(19-8-6-16-7-9-19)18-14(17-12)11-4-2-1-3-5-11/h1-5,10,16H,6-9H2. The van der Waals surface area contributed by atoms with Crippen LogP contribution in [0.15, 0.2) is 36.4 Å². The Labute approximate surface area is 117 Å². The summed E-state index contributed by atoms with van der Waals surface area (Å²) in [4.78, 5) is 11.2. The van der Waals surface area contributed by atoms with E-state index in [1.807, 2.05) is 36.4 Å². The molecule has 0 saturated carbocycles. The molecule has 0 aliphatic carbocycles. The molecule has 4 nitrogen and oxygen atoms in total. The first-order valence-electron chi connectivity index (χ1n) is 6.38. The molecule has 2 heterocycles. The van der Waals surface area contributed by atoms with Crippen molar-refractivity contribution < 1.29 is 0 Å². The van der Waals surface area contributed by atoms with E-state index >= 15 is 0 Å². The van der Waals surface area contributed by atoms with E-state index in [2.05, 4.69) is 20.2 Å². The van der Waals surface area contributed by atoms with E-state index in [9.17, 15) is 0 Å². The Morgan fingerprint density at radius 1 is 1.05 bits per heavy atom. The molecule has 0 unspecified atom stereocenters. The number of piperazine rings is 1. The van der Waals surface area contributed by atoms with E-state index < -0.39 is 0 Å². The summed E-state index contributed by atoms with van der Waals surface area (Å²) in [5.74, 6) is 1.59. The molecule has 0 amide bonds. The van der Waals surface area contributed by atoms with Crippen LogP contribution in [-0.2, 0) is 0 Å². The zero-order chi connectivity index (χ0) is 13.1. The highest BCUT2D eigenvalue weighted by molar-refractivity contribution is 6.29.